The molecule has 15 nitrogen and oxygen atoms in total. The van der Waals surface area contributed by atoms with Crippen LogP contribution in [0.25, 0.3) is 52.2 Å². The van der Waals surface area contributed by atoms with Crippen molar-refractivity contribution < 1.29 is 18.7 Å². The molecule has 3 aliphatic rings. The Morgan fingerprint density at radius 3 is 2.10 bits per heavy atom. The zero-order valence-corrected chi connectivity index (χ0v) is 41.2. The molecule has 0 aliphatic carbocycles. The number of aromatic nitrogens is 4. The molecule has 12 rings (SSSR count). The van der Waals surface area contributed by atoms with Crippen LogP contribution in [0.15, 0.2) is 101 Å². The van der Waals surface area contributed by atoms with Crippen LogP contribution < -0.4 is 31.3 Å². The van der Waals surface area contributed by atoms with E-state index in [0.717, 1.165) is 89.5 Å². The molecular weight excluding hydrogens is 940 g/mol. The summed E-state index contributed by atoms with van der Waals surface area (Å²) < 4.78 is 26.7. The number of nitrogens with one attached hydrogen (secondary N) is 2. The van der Waals surface area contributed by atoms with Gasteiger partial charge >= 0.3 is 0 Å². The molecular formula is C53H53FN10O5S2. The van der Waals surface area contributed by atoms with Gasteiger partial charge in [0.1, 0.15) is 26.6 Å². The van der Waals surface area contributed by atoms with Gasteiger partial charge in [0.15, 0.2) is 22.9 Å². The molecule has 2 N–H and O–H groups in total. The number of carbonyl (C=O) groups is 2. The van der Waals surface area contributed by atoms with Crippen LogP contribution in [0.2, 0.25) is 0 Å². The smallest absolute Gasteiger partial charge is 0.261 e. The Hall–Kier alpha value is -6.83. The Morgan fingerprint density at radius 1 is 0.704 bits per heavy atom. The summed E-state index contributed by atoms with van der Waals surface area (Å²) in [5, 5.41) is 6.89. The van der Waals surface area contributed by atoms with Gasteiger partial charge in [-0.05, 0) is 87.9 Å². The SMILES string of the molecule is Cc1ccc(CNC(=O)c2c(=O)c3cc(F)c(N4CCCN(C)CC4)nc3n3c2sc2ccccc23)cc1.O=C(c1c(=O)c2ccc(N3CCCNCC3)nc2n2c1sc1ccccc12)N1CCOCC1. The highest BCUT2D eigenvalue weighted by atomic mass is 32.1. The number of benzene rings is 3. The van der Waals surface area contributed by atoms with E-state index in [4.69, 9.17) is 14.7 Å². The first-order valence-electron chi connectivity index (χ1n) is 24.2. The predicted octanol–water partition coefficient (Wildman–Crippen LogP) is 6.92. The van der Waals surface area contributed by atoms with E-state index < -0.39 is 17.2 Å². The minimum absolute atomic E-state index is 0.0103. The number of hydrogen-bond donors (Lipinski definition) is 2. The molecule has 0 unspecified atom stereocenters. The van der Waals surface area contributed by atoms with E-state index in [9.17, 15) is 19.2 Å². The average molecular weight is 993 g/mol. The Morgan fingerprint density at radius 2 is 1.37 bits per heavy atom. The molecule has 3 aromatic carbocycles. The van der Waals surface area contributed by atoms with Gasteiger partial charge in [0.2, 0.25) is 10.9 Å². The van der Waals surface area contributed by atoms with Crippen LogP contribution in [-0.4, -0.2) is 126 Å². The summed E-state index contributed by atoms with van der Waals surface area (Å²) >= 11 is 2.84. The lowest BCUT2D eigenvalue weighted by molar-refractivity contribution is 0.0303. The number of pyridine rings is 4. The fourth-order valence-corrected chi connectivity index (χ4v) is 12.2. The number of halogens is 1. The van der Waals surface area contributed by atoms with Crippen LogP contribution in [0, 0.1) is 12.7 Å². The van der Waals surface area contributed by atoms with E-state index >= 15 is 4.39 Å². The van der Waals surface area contributed by atoms with Crippen molar-refractivity contribution in [2.75, 3.05) is 95.5 Å². The summed E-state index contributed by atoms with van der Waals surface area (Å²) in [7, 11) is 2.06. The maximum atomic E-state index is 15.5. The molecule has 3 fully saturated rings. The van der Waals surface area contributed by atoms with Crippen LogP contribution >= 0.6 is 22.7 Å². The molecule has 9 aromatic rings. The standard InChI is InChI=1S/C29H28FN5O2S.C24H25N5O3S/c1-18-8-10-19(11-9-18)17-31-28(37)24-25(36)20-16-21(30)27(34-13-5-12-33(2)14-15-34)32-26(20)35-22-6-3-4-7-23(22)38-29(24)35;30-21-16-6-7-19(27-10-3-8-25-9-11-27)26-22(16)29-17-4-1-2-5-18(17)33-24(29)20(21)23(31)28-12-14-32-15-13-28/h3-4,6-11,16H,5,12-15,17H2,1-2H3,(H,31,37);1-2,4-7,25H,3,8-15H2. The molecule has 3 aliphatic heterocycles. The first kappa shape index (κ1) is 46.5. The van der Waals surface area contributed by atoms with E-state index in [-0.39, 0.29) is 40.2 Å². The van der Waals surface area contributed by atoms with Crippen molar-refractivity contribution in [2.24, 2.45) is 0 Å². The van der Waals surface area contributed by atoms with E-state index in [0.29, 0.717) is 65.7 Å². The summed E-state index contributed by atoms with van der Waals surface area (Å²) in [6.45, 7) is 11.0. The molecule has 18 heteroatoms. The number of para-hydroxylation sites is 2. The molecule has 0 saturated carbocycles. The first-order chi connectivity index (χ1) is 34.6. The van der Waals surface area contributed by atoms with Crippen LogP contribution in [0.4, 0.5) is 16.0 Å². The van der Waals surface area contributed by atoms with Crippen molar-refractivity contribution >= 4 is 98.3 Å². The highest BCUT2D eigenvalue weighted by Crippen LogP contribution is 2.34. The minimum Gasteiger partial charge on any atom is -0.378 e. The number of thiazole rings is 2. The van der Waals surface area contributed by atoms with Gasteiger partial charge in [-0.25, -0.2) is 14.4 Å². The Kier molecular flexibility index (Phi) is 13.0. The van der Waals surface area contributed by atoms with Crippen LogP contribution in [-0.2, 0) is 11.3 Å². The number of carbonyl (C=O) groups excluding carboxylic acids is 2. The van der Waals surface area contributed by atoms with Gasteiger partial charge in [-0.3, -0.25) is 28.0 Å². The van der Waals surface area contributed by atoms with Crippen molar-refractivity contribution in [2.45, 2.75) is 26.3 Å². The van der Waals surface area contributed by atoms with E-state index in [1.807, 2.05) is 106 Å². The molecule has 0 radical (unpaired) electrons. The van der Waals surface area contributed by atoms with Crippen molar-refractivity contribution in [1.29, 1.82) is 0 Å². The number of hydrogen-bond acceptors (Lipinski definition) is 13. The average Bonchev–Trinajstić information content (AvgIpc) is 3.73. The van der Waals surface area contributed by atoms with Gasteiger partial charge in [-0.1, -0.05) is 54.1 Å². The Bertz CT molecular complexity index is 3630. The van der Waals surface area contributed by atoms with Crippen molar-refractivity contribution in [3.05, 3.63) is 140 Å². The van der Waals surface area contributed by atoms with Gasteiger partial charge < -0.3 is 35.0 Å². The number of aryl methyl sites for hydroxylation is 1. The summed E-state index contributed by atoms with van der Waals surface area (Å²) in [5.41, 5.74) is 4.30. The number of nitrogens with zero attached hydrogens (tertiary/aromatic N) is 8. The quantitative estimate of drug-likeness (QED) is 0.179. The molecule has 71 heavy (non-hydrogen) atoms. The second-order valence-electron chi connectivity index (χ2n) is 18.3. The third-order valence-corrected chi connectivity index (χ3v) is 15.9. The molecule has 0 spiro atoms. The highest BCUT2D eigenvalue weighted by molar-refractivity contribution is 7.24. The van der Waals surface area contributed by atoms with Crippen molar-refractivity contribution in [1.82, 2.24) is 39.2 Å². The fraction of sp³-hybridized carbons (Fsp3) is 0.321. The van der Waals surface area contributed by atoms with Crippen LogP contribution in [0.5, 0.6) is 0 Å². The largest absolute Gasteiger partial charge is 0.378 e. The van der Waals surface area contributed by atoms with Gasteiger partial charge in [0, 0.05) is 58.9 Å². The van der Waals surface area contributed by atoms with Crippen LogP contribution in [0.1, 0.15) is 44.7 Å². The highest BCUT2D eigenvalue weighted by Gasteiger charge is 2.29. The normalized spacial score (nSPS) is 16.2. The van der Waals surface area contributed by atoms with Gasteiger partial charge in [-0.15, -0.1) is 22.7 Å². The number of ether oxygens (including phenoxy) is 1. The van der Waals surface area contributed by atoms with Gasteiger partial charge in [0.25, 0.3) is 11.8 Å². The maximum Gasteiger partial charge on any atom is 0.261 e. The predicted molar refractivity (Wildman–Crippen MR) is 282 cm³/mol. The summed E-state index contributed by atoms with van der Waals surface area (Å²) in [5.74, 6) is -0.155. The minimum atomic E-state index is -0.551. The molecule has 364 valence electrons. The van der Waals surface area contributed by atoms with Crippen LogP contribution in [0.3, 0.4) is 0 Å². The summed E-state index contributed by atoms with van der Waals surface area (Å²) in [6.07, 6.45) is 1.94. The third kappa shape index (κ3) is 8.88. The van der Waals surface area contributed by atoms with E-state index in [1.165, 1.54) is 28.7 Å². The molecule has 9 heterocycles. The zero-order chi connectivity index (χ0) is 48.8. The summed E-state index contributed by atoms with van der Waals surface area (Å²) in [6, 6.07) is 28.6. The first-order valence-corrected chi connectivity index (χ1v) is 25.8. The molecule has 0 bridgehead atoms. The lowest BCUT2D eigenvalue weighted by Crippen LogP contribution is -2.42. The number of fused-ring (bicyclic) bond motifs is 10. The van der Waals surface area contributed by atoms with Gasteiger partial charge in [-0.2, -0.15) is 0 Å². The zero-order valence-electron chi connectivity index (χ0n) is 39.6. The second kappa shape index (κ2) is 19.8. The third-order valence-electron chi connectivity index (χ3n) is 13.6. The fourth-order valence-electron chi connectivity index (χ4n) is 9.80. The Labute approximate surface area is 415 Å². The summed E-state index contributed by atoms with van der Waals surface area (Å²) in [4.78, 5) is 73.5. The van der Waals surface area contributed by atoms with Gasteiger partial charge in [0.05, 0.1) is 44.4 Å². The number of morpholine rings is 1. The number of anilines is 2. The monoisotopic (exact) mass is 992 g/mol. The number of amides is 2. The number of likely N-dealkylation sites (N-methyl/N-ethyl adjacent to an activating group) is 1. The molecule has 0 atom stereocenters. The van der Waals surface area contributed by atoms with Crippen molar-refractivity contribution in [3.63, 3.8) is 0 Å². The maximum absolute atomic E-state index is 15.5. The van der Waals surface area contributed by atoms with E-state index in [1.54, 1.807) is 4.90 Å². The lowest BCUT2D eigenvalue weighted by Gasteiger charge is -2.27. The van der Waals surface area contributed by atoms with E-state index in [2.05, 4.69) is 27.5 Å². The Balaban J connectivity index is 0.000000155. The number of rotatable bonds is 6. The molecule has 6 aromatic heterocycles. The second-order valence-corrected chi connectivity index (χ2v) is 20.4. The topological polar surface area (TPSA) is 149 Å². The molecule has 2 amide bonds. The van der Waals surface area contributed by atoms with Crippen molar-refractivity contribution in [3.8, 4) is 0 Å². The molecule has 3 saturated heterocycles. The lowest BCUT2D eigenvalue weighted by atomic mass is 10.1.